The molecular weight excluding hydrogens is 300 g/mol. The summed E-state index contributed by atoms with van der Waals surface area (Å²) < 4.78 is 5.05. The SMILES string of the molecule is COc1ccc(NC(=O)CCCNC(=O)c2cccs2)cc1. The highest BCUT2D eigenvalue weighted by molar-refractivity contribution is 7.12. The van der Waals surface area contributed by atoms with Crippen molar-refractivity contribution in [3.05, 3.63) is 46.7 Å². The molecule has 0 spiro atoms. The zero-order chi connectivity index (χ0) is 15.8. The van der Waals surface area contributed by atoms with E-state index in [1.807, 2.05) is 11.4 Å². The molecule has 1 heterocycles. The minimum atomic E-state index is -0.0921. The Morgan fingerprint density at radius 3 is 2.59 bits per heavy atom. The van der Waals surface area contributed by atoms with Gasteiger partial charge in [0.25, 0.3) is 5.91 Å². The number of amides is 2. The van der Waals surface area contributed by atoms with E-state index in [9.17, 15) is 9.59 Å². The van der Waals surface area contributed by atoms with Crippen LogP contribution in [0, 0.1) is 0 Å². The van der Waals surface area contributed by atoms with Crippen LogP contribution in [0.5, 0.6) is 5.75 Å². The second-order valence-corrected chi connectivity index (χ2v) is 5.56. The highest BCUT2D eigenvalue weighted by Crippen LogP contribution is 2.15. The van der Waals surface area contributed by atoms with Crippen molar-refractivity contribution in [2.45, 2.75) is 12.8 Å². The molecule has 6 heteroatoms. The van der Waals surface area contributed by atoms with Gasteiger partial charge in [-0.2, -0.15) is 0 Å². The quantitative estimate of drug-likeness (QED) is 0.771. The molecule has 0 aliphatic rings. The predicted octanol–water partition coefficient (Wildman–Crippen LogP) is 2.91. The Hall–Kier alpha value is -2.34. The zero-order valence-corrected chi connectivity index (χ0v) is 13.1. The lowest BCUT2D eigenvalue weighted by Gasteiger charge is -2.07. The molecule has 2 amide bonds. The van der Waals surface area contributed by atoms with Crippen LogP contribution in [0.15, 0.2) is 41.8 Å². The Balaban J connectivity index is 1.66. The summed E-state index contributed by atoms with van der Waals surface area (Å²) in [6, 6.07) is 10.8. The van der Waals surface area contributed by atoms with Gasteiger partial charge in [0.05, 0.1) is 12.0 Å². The molecule has 116 valence electrons. The molecule has 0 unspecified atom stereocenters. The monoisotopic (exact) mass is 318 g/mol. The number of hydrogen-bond acceptors (Lipinski definition) is 4. The highest BCUT2D eigenvalue weighted by Gasteiger charge is 2.06. The molecular formula is C16H18N2O3S. The third kappa shape index (κ3) is 4.89. The van der Waals surface area contributed by atoms with Crippen molar-refractivity contribution < 1.29 is 14.3 Å². The molecule has 0 saturated carbocycles. The van der Waals surface area contributed by atoms with Gasteiger partial charge in [0.2, 0.25) is 5.91 Å². The van der Waals surface area contributed by atoms with Gasteiger partial charge in [-0.1, -0.05) is 6.07 Å². The number of carbonyl (C=O) groups is 2. The van der Waals surface area contributed by atoms with Crippen LogP contribution in [0.4, 0.5) is 5.69 Å². The smallest absolute Gasteiger partial charge is 0.261 e. The summed E-state index contributed by atoms with van der Waals surface area (Å²) in [5.74, 6) is 0.579. The van der Waals surface area contributed by atoms with Crippen LogP contribution < -0.4 is 15.4 Å². The van der Waals surface area contributed by atoms with E-state index >= 15 is 0 Å². The molecule has 1 aromatic heterocycles. The summed E-state index contributed by atoms with van der Waals surface area (Å²) in [6.07, 6.45) is 0.954. The van der Waals surface area contributed by atoms with Crippen molar-refractivity contribution >= 4 is 28.8 Å². The van der Waals surface area contributed by atoms with Gasteiger partial charge in [-0.15, -0.1) is 11.3 Å². The molecule has 0 saturated heterocycles. The van der Waals surface area contributed by atoms with Crippen LogP contribution in [0.1, 0.15) is 22.5 Å². The van der Waals surface area contributed by atoms with E-state index in [1.165, 1.54) is 11.3 Å². The Kier molecular flexibility index (Phi) is 5.97. The summed E-state index contributed by atoms with van der Waals surface area (Å²) >= 11 is 1.40. The average Bonchev–Trinajstić information content (AvgIpc) is 3.06. The molecule has 0 fully saturated rings. The lowest BCUT2D eigenvalue weighted by atomic mass is 10.2. The molecule has 22 heavy (non-hydrogen) atoms. The number of hydrogen-bond donors (Lipinski definition) is 2. The zero-order valence-electron chi connectivity index (χ0n) is 12.3. The van der Waals surface area contributed by atoms with Gasteiger partial charge in [-0.3, -0.25) is 9.59 Å². The maximum Gasteiger partial charge on any atom is 0.261 e. The van der Waals surface area contributed by atoms with Crippen LogP contribution in [-0.2, 0) is 4.79 Å². The minimum Gasteiger partial charge on any atom is -0.497 e. The van der Waals surface area contributed by atoms with Crippen molar-refractivity contribution in [2.24, 2.45) is 0 Å². The van der Waals surface area contributed by atoms with Gasteiger partial charge in [0.15, 0.2) is 0 Å². The summed E-state index contributed by atoms with van der Waals surface area (Å²) in [4.78, 5) is 24.2. The van der Waals surface area contributed by atoms with Gasteiger partial charge >= 0.3 is 0 Å². The number of rotatable bonds is 7. The van der Waals surface area contributed by atoms with Crippen molar-refractivity contribution in [2.75, 3.05) is 19.0 Å². The first-order chi connectivity index (χ1) is 10.7. The standard InChI is InChI=1S/C16H18N2O3S/c1-21-13-8-6-12(7-9-13)18-15(19)5-2-10-17-16(20)14-4-3-11-22-14/h3-4,6-9,11H,2,5,10H2,1H3,(H,17,20)(H,18,19). The molecule has 0 aliphatic carbocycles. The maximum absolute atomic E-state index is 11.8. The minimum absolute atomic E-state index is 0.0736. The van der Waals surface area contributed by atoms with Crippen LogP contribution in [0.2, 0.25) is 0 Å². The molecule has 0 aliphatic heterocycles. The van der Waals surface area contributed by atoms with Crippen LogP contribution >= 0.6 is 11.3 Å². The first-order valence-corrected chi connectivity index (χ1v) is 7.82. The van der Waals surface area contributed by atoms with Crippen molar-refractivity contribution in [1.82, 2.24) is 5.32 Å². The second kappa shape index (κ2) is 8.19. The Morgan fingerprint density at radius 2 is 1.95 bits per heavy atom. The van der Waals surface area contributed by atoms with E-state index in [1.54, 1.807) is 37.4 Å². The van der Waals surface area contributed by atoms with Gasteiger partial charge in [-0.05, 0) is 42.1 Å². The van der Waals surface area contributed by atoms with E-state index < -0.39 is 0 Å². The lowest BCUT2D eigenvalue weighted by Crippen LogP contribution is -2.24. The van der Waals surface area contributed by atoms with Gasteiger partial charge < -0.3 is 15.4 Å². The fourth-order valence-electron chi connectivity index (χ4n) is 1.84. The third-order valence-corrected chi connectivity index (χ3v) is 3.85. The molecule has 2 rings (SSSR count). The molecule has 1 aromatic carbocycles. The van der Waals surface area contributed by atoms with Gasteiger partial charge in [0.1, 0.15) is 5.75 Å². The first kappa shape index (κ1) is 16.0. The average molecular weight is 318 g/mol. The number of methoxy groups -OCH3 is 1. The molecule has 0 atom stereocenters. The highest BCUT2D eigenvalue weighted by atomic mass is 32.1. The van der Waals surface area contributed by atoms with Gasteiger partial charge in [0, 0.05) is 18.7 Å². The Morgan fingerprint density at radius 1 is 1.18 bits per heavy atom. The summed E-state index contributed by atoms with van der Waals surface area (Å²) in [5, 5.41) is 7.46. The van der Waals surface area contributed by atoms with E-state index in [4.69, 9.17) is 4.74 Å². The Bertz CT molecular complexity index is 609. The number of ether oxygens (including phenoxy) is 1. The third-order valence-electron chi connectivity index (χ3n) is 2.98. The van der Waals surface area contributed by atoms with Crippen LogP contribution in [0.3, 0.4) is 0 Å². The second-order valence-electron chi connectivity index (χ2n) is 4.61. The largest absolute Gasteiger partial charge is 0.497 e. The van der Waals surface area contributed by atoms with Crippen molar-refractivity contribution in [1.29, 1.82) is 0 Å². The predicted molar refractivity (Wildman–Crippen MR) is 87.5 cm³/mol. The molecule has 5 nitrogen and oxygen atoms in total. The maximum atomic E-state index is 11.8. The van der Waals surface area contributed by atoms with E-state index in [2.05, 4.69) is 10.6 Å². The number of carbonyl (C=O) groups excluding carboxylic acids is 2. The summed E-state index contributed by atoms with van der Waals surface area (Å²) in [6.45, 7) is 0.479. The van der Waals surface area contributed by atoms with Crippen molar-refractivity contribution in [3.63, 3.8) is 0 Å². The first-order valence-electron chi connectivity index (χ1n) is 6.94. The van der Waals surface area contributed by atoms with E-state index in [0.29, 0.717) is 24.3 Å². The van der Waals surface area contributed by atoms with Crippen molar-refractivity contribution in [3.8, 4) is 5.75 Å². The topological polar surface area (TPSA) is 67.4 Å². The van der Waals surface area contributed by atoms with Gasteiger partial charge in [-0.25, -0.2) is 0 Å². The van der Waals surface area contributed by atoms with Crippen LogP contribution in [0.25, 0.3) is 0 Å². The molecule has 2 N–H and O–H groups in total. The fourth-order valence-corrected chi connectivity index (χ4v) is 2.48. The number of anilines is 1. The Labute approximate surface area is 133 Å². The normalized spacial score (nSPS) is 10.0. The van der Waals surface area contributed by atoms with E-state index in [-0.39, 0.29) is 11.8 Å². The lowest BCUT2D eigenvalue weighted by molar-refractivity contribution is -0.116. The number of benzene rings is 1. The van der Waals surface area contributed by atoms with E-state index in [0.717, 1.165) is 11.4 Å². The number of nitrogens with one attached hydrogen (secondary N) is 2. The summed E-state index contributed by atoms with van der Waals surface area (Å²) in [7, 11) is 1.60. The summed E-state index contributed by atoms with van der Waals surface area (Å²) in [5.41, 5.74) is 0.730. The fraction of sp³-hybridized carbons (Fsp3) is 0.250. The van der Waals surface area contributed by atoms with Crippen LogP contribution in [-0.4, -0.2) is 25.5 Å². The molecule has 2 aromatic rings. The molecule has 0 radical (unpaired) electrons. The molecule has 0 bridgehead atoms. The number of thiophene rings is 1.